The van der Waals surface area contributed by atoms with Crippen molar-refractivity contribution in [3.8, 4) is 5.75 Å². The van der Waals surface area contributed by atoms with Crippen LogP contribution in [0.5, 0.6) is 5.75 Å². The maximum Gasteiger partial charge on any atom is 0.387 e. The minimum absolute atomic E-state index is 0. The highest BCUT2D eigenvalue weighted by Gasteiger charge is 2.17. The van der Waals surface area contributed by atoms with Crippen molar-refractivity contribution in [1.29, 1.82) is 0 Å². The Labute approximate surface area is 176 Å². The summed E-state index contributed by atoms with van der Waals surface area (Å²) in [6.07, 6.45) is 0. The second-order valence-corrected chi connectivity index (χ2v) is 6.10. The predicted molar refractivity (Wildman–Crippen MR) is 113 cm³/mol. The monoisotopic (exact) mass is 498 g/mol. The van der Waals surface area contributed by atoms with Crippen LogP contribution < -0.4 is 15.4 Å². The van der Waals surface area contributed by atoms with Crippen molar-refractivity contribution in [2.24, 2.45) is 4.99 Å². The number of halogens is 3. The zero-order chi connectivity index (χ0) is 18.8. The molecule has 6 nitrogen and oxygen atoms in total. The van der Waals surface area contributed by atoms with E-state index in [1.807, 2.05) is 13.0 Å². The first kappa shape index (κ1) is 23.8. The van der Waals surface area contributed by atoms with Crippen LogP contribution in [0, 0.1) is 0 Å². The SMILES string of the molecule is CCNC(=NCc1cccc(OC(F)F)c1)NCC(C)N1CCOCC1.I. The molecule has 1 aromatic rings. The number of ether oxygens (including phenoxy) is 2. The van der Waals surface area contributed by atoms with Gasteiger partial charge in [-0.05, 0) is 31.5 Å². The second kappa shape index (κ2) is 13.1. The molecule has 0 aliphatic carbocycles. The van der Waals surface area contributed by atoms with Gasteiger partial charge in [-0.25, -0.2) is 4.99 Å². The minimum Gasteiger partial charge on any atom is -0.435 e. The maximum atomic E-state index is 12.3. The summed E-state index contributed by atoms with van der Waals surface area (Å²) in [4.78, 5) is 6.91. The van der Waals surface area contributed by atoms with E-state index >= 15 is 0 Å². The van der Waals surface area contributed by atoms with Crippen LogP contribution in [0.3, 0.4) is 0 Å². The summed E-state index contributed by atoms with van der Waals surface area (Å²) in [7, 11) is 0. The highest BCUT2D eigenvalue weighted by Crippen LogP contribution is 2.16. The zero-order valence-corrected chi connectivity index (χ0v) is 18.1. The number of hydrogen-bond donors (Lipinski definition) is 2. The van der Waals surface area contributed by atoms with Gasteiger partial charge in [-0.1, -0.05) is 12.1 Å². The van der Waals surface area contributed by atoms with Gasteiger partial charge in [0.1, 0.15) is 5.75 Å². The van der Waals surface area contributed by atoms with E-state index in [9.17, 15) is 8.78 Å². The number of hydrogen-bond acceptors (Lipinski definition) is 4. The van der Waals surface area contributed by atoms with Crippen LogP contribution >= 0.6 is 24.0 Å². The molecule has 2 N–H and O–H groups in total. The molecule has 27 heavy (non-hydrogen) atoms. The van der Waals surface area contributed by atoms with E-state index in [0.29, 0.717) is 18.5 Å². The quantitative estimate of drug-likeness (QED) is 0.328. The molecule has 1 saturated heterocycles. The number of nitrogens with zero attached hydrogens (tertiary/aromatic N) is 2. The molecule has 9 heteroatoms. The molecular formula is C18H29F2IN4O2. The third-order valence-corrected chi connectivity index (χ3v) is 4.12. The fourth-order valence-corrected chi connectivity index (χ4v) is 2.72. The summed E-state index contributed by atoms with van der Waals surface area (Å²) in [6, 6.07) is 6.97. The zero-order valence-electron chi connectivity index (χ0n) is 15.8. The topological polar surface area (TPSA) is 58.1 Å². The van der Waals surface area contributed by atoms with Gasteiger partial charge in [0.15, 0.2) is 5.96 Å². The van der Waals surface area contributed by atoms with Gasteiger partial charge in [0.2, 0.25) is 0 Å². The summed E-state index contributed by atoms with van der Waals surface area (Å²) in [5.41, 5.74) is 0.807. The van der Waals surface area contributed by atoms with Gasteiger partial charge in [-0.2, -0.15) is 8.78 Å². The third kappa shape index (κ3) is 9.02. The van der Waals surface area contributed by atoms with Crippen LogP contribution in [0.2, 0.25) is 0 Å². The van der Waals surface area contributed by atoms with Gasteiger partial charge in [0.25, 0.3) is 0 Å². The van der Waals surface area contributed by atoms with Crippen molar-refractivity contribution < 1.29 is 18.3 Å². The van der Waals surface area contributed by atoms with Crippen molar-refractivity contribution in [2.75, 3.05) is 39.4 Å². The molecular weight excluding hydrogens is 469 g/mol. The minimum atomic E-state index is -2.82. The highest BCUT2D eigenvalue weighted by molar-refractivity contribution is 14.0. The Hall–Kier alpha value is -1.20. The Morgan fingerprint density at radius 1 is 1.30 bits per heavy atom. The van der Waals surface area contributed by atoms with Gasteiger partial charge in [0.05, 0.1) is 19.8 Å². The van der Waals surface area contributed by atoms with Crippen LogP contribution in [-0.4, -0.2) is 62.9 Å². The first-order chi connectivity index (χ1) is 12.6. The molecule has 1 heterocycles. The molecule has 0 amide bonds. The molecule has 1 unspecified atom stereocenters. The highest BCUT2D eigenvalue weighted by atomic mass is 127. The standard InChI is InChI=1S/C18H28F2N4O2.HI/c1-3-21-18(22-12-14(2)24-7-9-25-10-8-24)23-13-15-5-4-6-16(11-15)26-17(19)20;/h4-6,11,14,17H,3,7-10,12-13H2,1-2H3,(H2,21,22,23);1H. The van der Waals surface area contributed by atoms with Crippen molar-refractivity contribution in [1.82, 2.24) is 15.5 Å². The summed E-state index contributed by atoms with van der Waals surface area (Å²) in [5.74, 6) is 0.847. The van der Waals surface area contributed by atoms with E-state index in [-0.39, 0.29) is 29.7 Å². The molecule has 1 aliphatic rings. The van der Waals surface area contributed by atoms with Gasteiger partial charge in [-0.3, -0.25) is 4.90 Å². The van der Waals surface area contributed by atoms with Crippen LogP contribution in [-0.2, 0) is 11.3 Å². The lowest BCUT2D eigenvalue weighted by Crippen LogP contribution is -2.49. The second-order valence-electron chi connectivity index (χ2n) is 6.10. The Morgan fingerprint density at radius 2 is 2.04 bits per heavy atom. The molecule has 0 saturated carbocycles. The number of morpholine rings is 1. The first-order valence-electron chi connectivity index (χ1n) is 8.96. The van der Waals surface area contributed by atoms with Crippen molar-refractivity contribution >= 4 is 29.9 Å². The average molecular weight is 498 g/mol. The number of aliphatic imine (C=N–C) groups is 1. The lowest BCUT2D eigenvalue weighted by Gasteiger charge is -2.32. The van der Waals surface area contributed by atoms with Crippen LogP contribution in [0.15, 0.2) is 29.3 Å². The summed E-state index contributed by atoms with van der Waals surface area (Å²) < 4.78 is 34.4. The van der Waals surface area contributed by atoms with E-state index in [0.717, 1.165) is 45.0 Å². The summed E-state index contributed by atoms with van der Waals surface area (Å²) >= 11 is 0. The number of nitrogens with one attached hydrogen (secondary N) is 2. The number of alkyl halides is 2. The van der Waals surface area contributed by atoms with E-state index in [1.54, 1.807) is 12.1 Å². The van der Waals surface area contributed by atoms with Crippen molar-refractivity contribution in [3.63, 3.8) is 0 Å². The number of rotatable bonds is 8. The molecule has 1 aliphatic heterocycles. The Morgan fingerprint density at radius 3 is 2.70 bits per heavy atom. The summed E-state index contributed by atoms with van der Waals surface area (Å²) in [5, 5.41) is 6.54. The van der Waals surface area contributed by atoms with E-state index in [1.165, 1.54) is 6.07 Å². The smallest absolute Gasteiger partial charge is 0.387 e. The fourth-order valence-electron chi connectivity index (χ4n) is 2.72. The molecule has 1 aromatic carbocycles. The van der Waals surface area contributed by atoms with Gasteiger partial charge >= 0.3 is 6.61 Å². The van der Waals surface area contributed by atoms with E-state index < -0.39 is 6.61 Å². The van der Waals surface area contributed by atoms with E-state index in [4.69, 9.17) is 4.74 Å². The lowest BCUT2D eigenvalue weighted by molar-refractivity contribution is -0.0498. The largest absolute Gasteiger partial charge is 0.435 e. The van der Waals surface area contributed by atoms with Crippen LogP contribution in [0.1, 0.15) is 19.4 Å². The maximum absolute atomic E-state index is 12.3. The molecule has 154 valence electrons. The third-order valence-electron chi connectivity index (χ3n) is 4.12. The molecule has 2 rings (SSSR count). The molecule has 1 fully saturated rings. The average Bonchev–Trinajstić information content (AvgIpc) is 2.64. The number of guanidine groups is 1. The fraction of sp³-hybridized carbons (Fsp3) is 0.611. The lowest BCUT2D eigenvalue weighted by atomic mass is 10.2. The predicted octanol–water partition coefficient (Wildman–Crippen LogP) is 2.68. The van der Waals surface area contributed by atoms with Gasteiger partial charge < -0.3 is 20.1 Å². The van der Waals surface area contributed by atoms with Crippen LogP contribution in [0.25, 0.3) is 0 Å². The Bertz CT molecular complexity index is 572. The van der Waals surface area contributed by atoms with Gasteiger partial charge in [-0.15, -0.1) is 24.0 Å². The van der Waals surface area contributed by atoms with E-state index in [2.05, 4.69) is 32.2 Å². The number of benzene rings is 1. The molecule has 0 radical (unpaired) electrons. The van der Waals surface area contributed by atoms with Crippen LogP contribution in [0.4, 0.5) is 8.78 Å². The normalized spacial score (nSPS) is 16.6. The summed E-state index contributed by atoms with van der Waals surface area (Å²) in [6.45, 7) is 6.65. The van der Waals surface area contributed by atoms with Crippen molar-refractivity contribution in [3.05, 3.63) is 29.8 Å². The molecule has 0 spiro atoms. The Balaban J connectivity index is 0.00000364. The van der Waals surface area contributed by atoms with Gasteiger partial charge in [0, 0.05) is 32.2 Å². The first-order valence-corrected chi connectivity index (χ1v) is 8.96. The Kier molecular flexibility index (Phi) is 11.5. The molecule has 0 aromatic heterocycles. The molecule has 0 bridgehead atoms. The molecule has 1 atom stereocenters. The van der Waals surface area contributed by atoms with Crippen molar-refractivity contribution in [2.45, 2.75) is 33.0 Å².